The van der Waals surface area contributed by atoms with Gasteiger partial charge in [0.05, 0.1) is 32.6 Å². The Morgan fingerprint density at radius 1 is 1.03 bits per heavy atom. The zero-order valence-corrected chi connectivity index (χ0v) is 17.2. The molecule has 5 heteroatoms. The number of benzene rings is 2. The van der Waals surface area contributed by atoms with E-state index in [1.807, 2.05) is 55.5 Å². The van der Waals surface area contributed by atoms with Gasteiger partial charge < -0.3 is 14.2 Å². The molecule has 0 atom stereocenters. The Hall–Kier alpha value is -3.52. The second-order valence-corrected chi connectivity index (χ2v) is 6.68. The molecule has 0 unspecified atom stereocenters. The van der Waals surface area contributed by atoms with Crippen molar-refractivity contribution in [2.75, 3.05) is 27.9 Å². The average Bonchev–Trinajstić information content (AvgIpc) is 2.76. The number of hydrogen-bond donors (Lipinski definition) is 0. The lowest BCUT2D eigenvalue weighted by atomic mass is 9.92. The molecule has 0 aliphatic carbocycles. The summed E-state index contributed by atoms with van der Waals surface area (Å²) in [4.78, 5) is 4.64. The van der Waals surface area contributed by atoms with Crippen molar-refractivity contribution in [1.29, 1.82) is 5.26 Å². The molecule has 2 aromatic rings. The Labute approximate surface area is 171 Å². The number of methoxy groups -OCH3 is 3. The second-order valence-electron chi connectivity index (χ2n) is 6.68. The lowest BCUT2D eigenvalue weighted by molar-refractivity contribution is 0.354. The monoisotopic (exact) mass is 388 g/mol. The highest BCUT2D eigenvalue weighted by Gasteiger charge is 2.21. The van der Waals surface area contributed by atoms with Gasteiger partial charge >= 0.3 is 0 Å². The van der Waals surface area contributed by atoms with Gasteiger partial charge in [0.15, 0.2) is 11.5 Å². The molecule has 5 nitrogen and oxygen atoms in total. The zero-order chi connectivity index (χ0) is 20.8. The van der Waals surface area contributed by atoms with Gasteiger partial charge in [0, 0.05) is 12.1 Å². The van der Waals surface area contributed by atoms with Crippen molar-refractivity contribution < 1.29 is 14.2 Å². The van der Waals surface area contributed by atoms with Gasteiger partial charge in [0.1, 0.15) is 11.8 Å². The van der Waals surface area contributed by atoms with Crippen LogP contribution in [0.15, 0.2) is 58.6 Å². The summed E-state index contributed by atoms with van der Waals surface area (Å²) in [6.07, 6.45) is 4.70. The summed E-state index contributed by atoms with van der Waals surface area (Å²) in [6.45, 7) is 2.61. The second kappa shape index (κ2) is 9.11. The van der Waals surface area contributed by atoms with Crippen molar-refractivity contribution in [3.63, 3.8) is 0 Å². The van der Waals surface area contributed by atoms with E-state index >= 15 is 0 Å². The van der Waals surface area contributed by atoms with Crippen molar-refractivity contribution >= 4 is 11.8 Å². The number of ether oxygens (including phenoxy) is 3. The van der Waals surface area contributed by atoms with Gasteiger partial charge in [-0.2, -0.15) is 5.26 Å². The lowest BCUT2D eigenvalue weighted by Crippen LogP contribution is -2.15. The molecule has 0 aromatic heterocycles. The molecule has 0 saturated carbocycles. The van der Waals surface area contributed by atoms with Crippen LogP contribution in [0.2, 0.25) is 0 Å². The topological polar surface area (TPSA) is 63.8 Å². The molecule has 1 heterocycles. The SMILES string of the molecule is COc1ccc(/C=C(C)/C=C(\C#N)C2=NCCc3cc(OC)c(OC)cc32)cc1. The molecular weight excluding hydrogens is 364 g/mol. The summed E-state index contributed by atoms with van der Waals surface area (Å²) in [5.74, 6) is 2.12. The third-order valence-corrected chi connectivity index (χ3v) is 4.77. The number of rotatable bonds is 6. The van der Waals surface area contributed by atoms with E-state index < -0.39 is 0 Å². The summed E-state index contributed by atoms with van der Waals surface area (Å²) in [6, 6.07) is 14.0. The summed E-state index contributed by atoms with van der Waals surface area (Å²) in [5.41, 5.74) is 5.23. The van der Waals surface area contributed by atoms with E-state index in [0.717, 1.165) is 34.4 Å². The van der Waals surface area contributed by atoms with Crippen LogP contribution in [0, 0.1) is 11.3 Å². The van der Waals surface area contributed by atoms with E-state index in [0.29, 0.717) is 29.3 Å². The van der Waals surface area contributed by atoms with Crippen LogP contribution in [-0.2, 0) is 6.42 Å². The van der Waals surface area contributed by atoms with Crippen molar-refractivity contribution in [1.82, 2.24) is 0 Å². The van der Waals surface area contributed by atoms with Gasteiger partial charge in [-0.1, -0.05) is 18.2 Å². The molecule has 3 rings (SSSR count). The van der Waals surface area contributed by atoms with Crippen molar-refractivity contribution in [3.05, 3.63) is 70.3 Å². The maximum Gasteiger partial charge on any atom is 0.161 e. The van der Waals surface area contributed by atoms with Crippen LogP contribution >= 0.6 is 0 Å². The Morgan fingerprint density at radius 2 is 1.72 bits per heavy atom. The smallest absolute Gasteiger partial charge is 0.161 e. The predicted molar refractivity (Wildman–Crippen MR) is 115 cm³/mol. The van der Waals surface area contributed by atoms with Crippen LogP contribution in [0.4, 0.5) is 0 Å². The lowest BCUT2D eigenvalue weighted by Gasteiger charge is -2.19. The van der Waals surface area contributed by atoms with Gasteiger partial charge in [-0.3, -0.25) is 4.99 Å². The van der Waals surface area contributed by atoms with Gasteiger partial charge in [-0.05, 0) is 60.4 Å². The van der Waals surface area contributed by atoms with E-state index in [9.17, 15) is 5.26 Å². The summed E-state index contributed by atoms with van der Waals surface area (Å²) in [7, 11) is 4.87. The number of nitriles is 1. The number of aliphatic imine (C=N–C) groups is 1. The third-order valence-electron chi connectivity index (χ3n) is 4.77. The van der Waals surface area contributed by atoms with Gasteiger partial charge in [-0.25, -0.2) is 0 Å². The molecule has 0 bridgehead atoms. The van der Waals surface area contributed by atoms with Crippen LogP contribution in [0.5, 0.6) is 17.2 Å². The fraction of sp³-hybridized carbons (Fsp3) is 0.250. The summed E-state index contributed by atoms with van der Waals surface area (Å²) in [5, 5.41) is 9.82. The molecule has 0 N–H and O–H groups in total. The van der Waals surface area contributed by atoms with Gasteiger partial charge in [0.25, 0.3) is 0 Å². The molecule has 1 aliphatic heterocycles. The van der Waals surface area contributed by atoms with Crippen LogP contribution < -0.4 is 14.2 Å². The highest BCUT2D eigenvalue weighted by Crippen LogP contribution is 2.33. The Kier molecular flexibility index (Phi) is 6.36. The molecule has 0 spiro atoms. The molecule has 148 valence electrons. The predicted octanol–water partition coefficient (Wildman–Crippen LogP) is 4.61. The fourth-order valence-electron chi connectivity index (χ4n) is 3.34. The fourth-order valence-corrected chi connectivity index (χ4v) is 3.34. The molecule has 0 fully saturated rings. The molecule has 0 saturated heterocycles. The summed E-state index contributed by atoms with van der Waals surface area (Å²) >= 11 is 0. The first-order valence-electron chi connectivity index (χ1n) is 9.33. The minimum atomic E-state index is 0.528. The standard InChI is InChI=1S/C24H24N2O3/c1-16(11-17-5-7-20(27-2)8-6-17)12-19(15-25)24-21-14-23(29-4)22(28-3)13-18(21)9-10-26-24/h5-8,11-14H,9-10H2,1-4H3/b16-11+,19-12+. The molecule has 1 aliphatic rings. The summed E-state index contributed by atoms with van der Waals surface area (Å²) < 4.78 is 16.0. The molecule has 29 heavy (non-hydrogen) atoms. The van der Waals surface area contributed by atoms with Crippen LogP contribution in [0.25, 0.3) is 6.08 Å². The maximum absolute atomic E-state index is 9.82. The quantitative estimate of drug-likeness (QED) is 0.535. The minimum absolute atomic E-state index is 0.528. The van der Waals surface area contributed by atoms with Gasteiger partial charge in [0.2, 0.25) is 0 Å². The van der Waals surface area contributed by atoms with E-state index in [2.05, 4.69) is 11.1 Å². The van der Waals surface area contributed by atoms with Crippen molar-refractivity contribution in [3.8, 4) is 23.3 Å². The highest BCUT2D eigenvalue weighted by atomic mass is 16.5. The van der Waals surface area contributed by atoms with Crippen LogP contribution in [0.1, 0.15) is 23.6 Å². The first-order chi connectivity index (χ1) is 14.1. The molecule has 0 amide bonds. The number of allylic oxidation sites excluding steroid dienone is 3. The number of nitrogens with zero attached hydrogens (tertiary/aromatic N) is 2. The van der Waals surface area contributed by atoms with Crippen LogP contribution in [0.3, 0.4) is 0 Å². The zero-order valence-electron chi connectivity index (χ0n) is 17.2. The van der Waals surface area contributed by atoms with E-state index in [4.69, 9.17) is 14.2 Å². The largest absolute Gasteiger partial charge is 0.497 e. The Balaban J connectivity index is 1.97. The van der Waals surface area contributed by atoms with Crippen LogP contribution in [-0.4, -0.2) is 33.6 Å². The molecular formula is C24H24N2O3. The minimum Gasteiger partial charge on any atom is -0.497 e. The highest BCUT2D eigenvalue weighted by molar-refractivity contribution is 6.17. The van der Waals surface area contributed by atoms with Crippen molar-refractivity contribution in [2.45, 2.75) is 13.3 Å². The first-order valence-corrected chi connectivity index (χ1v) is 9.33. The first kappa shape index (κ1) is 20.2. The van der Waals surface area contributed by atoms with E-state index in [1.54, 1.807) is 21.3 Å². The molecule has 2 aromatic carbocycles. The normalized spacial score (nSPS) is 13.8. The van der Waals surface area contributed by atoms with E-state index in [1.165, 1.54) is 0 Å². The van der Waals surface area contributed by atoms with E-state index in [-0.39, 0.29) is 0 Å². The Bertz CT molecular complexity index is 1030. The average molecular weight is 388 g/mol. The Morgan fingerprint density at radius 3 is 2.34 bits per heavy atom. The maximum atomic E-state index is 9.82. The molecule has 0 radical (unpaired) electrons. The van der Waals surface area contributed by atoms with Crippen molar-refractivity contribution in [2.24, 2.45) is 4.99 Å². The number of fused-ring (bicyclic) bond motifs is 1. The number of hydrogen-bond acceptors (Lipinski definition) is 5. The van der Waals surface area contributed by atoms with Gasteiger partial charge in [-0.15, -0.1) is 0 Å². The third kappa shape index (κ3) is 4.49.